The summed E-state index contributed by atoms with van der Waals surface area (Å²) in [5.41, 5.74) is 10.0. The van der Waals surface area contributed by atoms with Crippen LogP contribution in [-0.4, -0.2) is 23.4 Å². The molecule has 39 heavy (non-hydrogen) atoms. The average molecular weight is 512 g/mol. The number of hydrogen-bond acceptors (Lipinski definition) is 3. The van der Waals surface area contributed by atoms with Crippen molar-refractivity contribution in [2.24, 2.45) is 0 Å². The van der Waals surface area contributed by atoms with Crippen LogP contribution < -0.4 is 4.90 Å². The third-order valence-electron chi connectivity index (χ3n) is 6.82. The lowest BCUT2D eigenvalue weighted by molar-refractivity contribution is 0.299. The molecule has 0 amide bonds. The van der Waals surface area contributed by atoms with Crippen LogP contribution in [0, 0.1) is 0 Å². The normalized spacial score (nSPS) is 10.7. The molecular formula is C36H33NO2. The molecule has 0 heterocycles. The van der Waals surface area contributed by atoms with E-state index in [2.05, 4.69) is 132 Å². The summed E-state index contributed by atoms with van der Waals surface area (Å²) in [5.74, 6) is 0. The number of nitrogens with zero attached hydrogens (tertiary/aromatic N) is 1. The Balaban J connectivity index is 1.52. The third-order valence-corrected chi connectivity index (χ3v) is 6.82. The van der Waals surface area contributed by atoms with Crippen molar-refractivity contribution >= 4 is 28.7 Å². The van der Waals surface area contributed by atoms with Crippen molar-refractivity contribution in [3.63, 3.8) is 0 Å². The van der Waals surface area contributed by atoms with Crippen LogP contribution in [-0.2, 0) is 12.8 Å². The highest BCUT2D eigenvalue weighted by atomic mass is 16.3. The van der Waals surface area contributed by atoms with E-state index in [1.807, 2.05) is 12.1 Å². The van der Waals surface area contributed by atoms with Gasteiger partial charge >= 0.3 is 0 Å². The highest BCUT2D eigenvalue weighted by Gasteiger charge is 2.13. The number of aliphatic hydroxyl groups excluding tert-OH is 2. The summed E-state index contributed by atoms with van der Waals surface area (Å²) >= 11 is 0. The van der Waals surface area contributed by atoms with Crippen molar-refractivity contribution in [3.8, 4) is 0 Å². The van der Waals surface area contributed by atoms with E-state index in [1.165, 1.54) is 16.7 Å². The number of anilines is 3. The highest BCUT2D eigenvalue weighted by Crippen LogP contribution is 2.35. The molecule has 5 rings (SSSR count). The van der Waals surface area contributed by atoms with Gasteiger partial charge in [0.05, 0.1) is 0 Å². The second-order valence-corrected chi connectivity index (χ2v) is 9.50. The second kappa shape index (κ2) is 12.9. The molecule has 0 aromatic heterocycles. The van der Waals surface area contributed by atoms with E-state index in [9.17, 15) is 10.2 Å². The van der Waals surface area contributed by atoms with Crippen molar-refractivity contribution in [2.45, 2.75) is 12.8 Å². The highest BCUT2D eigenvalue weighted by molar-refractivity contribution is 5.91. The van der Waals surface area contributed by atoms with Crippen LogP contribution in [0.25, 0.3) is 11.6 Å². The summed E-state index contributed by atoms with van der Waals surface area (Å²) in [7, 11) is 0. The van der Waals surface area contributed by atoms with Gasteiger partial charge in [-0.25, -0.2) is 0 Å². The fraction of sp³-hybridized carbons (Fsp3) is 0.111. The van der Waals surface area contributed by atoms with Crippen molar-refractivity contribution < 1.29 is 10.2 Å². The topological polar surface area (TPSA) is 43.7 Å². The number of benzene rings is 5. The van der Waals surface area contributed by atoms with Crippen LogP contribution in [0.4, 0.5) is 17.1 Å². The minimum Gasteiger partial charge on any atom is -0.396 e. The van der Waals surface area contributed by atoms with E-state index < -0.39 is 0 Å². The molecule has 0 spiro atoms. The molecule has 0 saturated carbocycles. The smallest absolute Gasteiger partial charge is 0.0471 e. The Bertz CT molecular complexity index is 1380. The maximum atomic E-state index is 9.32. The van der Waals surface area contributed by atoms with Gasteiger partial charge in [-0.15, -0.1) is 0 Å². The van der Waals surface area contributed by atoms with Crippen molar-refractivity contribution in [1.82, 2.24) is 0 Å². The first-order valence-electron chi connectivity index (χ1n) is 13.4. The van der Waals surface area contributed by atoms with Crippen molar-refractivity contribution in [1.29, 1.82) is 0 Å². The molecule has 0 fully saturated rings. The van der Waals surface area contributed by atoms with Crippen LogP contribution >= 0.6 is 0 Å². The Morgan fingerprint density at radius 3 is 1.26 bits per heavy atom. The van der Waals surface area contributed by atoms with Gasteiger partial charge in [-0.1, -0.05) is 97.1 Å². The standard InChI is InChI=1S/C36H33NO2/c38-25-23-28-11-17-33(18-12-28)37(34-19-13-29(14-20-34)24-26-39)35-21-15-30(16-22-35)27-36(31-7-3-1-4-8-31)32-9-5-2-6-10-32/h1-22,27,38-39H,23-26H2. The Labute approximate surface area is 231 Å². The van der Waals surface area contributed by atoms with Gasteiger partial charge in [0.15, 0.2) is 0 Å². The Hall–Kier alpha value is -4.44. The maximum absolute atomic E-state index is 9.32. The fourth-order valence-corrected chi connectivity index (χ4v) is 4.78. The van der Waals surface area contributed by atoms with Gasteiger partial charge in [0.2, 0.25) is 0 Å². The van der Waals surface area contributed by atoms with Crippen molar-refractivity contribution in [3.05, 3.63) is 161 Å². The van der Waals surface area contributed by atoms with E-state index in [4.69, 9.17) is 0 Å². The Morgan fingerprint density at radius 2 is 0.872 bits per heavy atom. The molecule has 0 radical (unpaired) electrons. The second-order valence-electron chi connectivity index (χ2n) is 9.50. The molecule has 5 aromatic rings. The van der Waals surface area contributed by atoms with Crippen LogP contribution in [0.15, 0.2) is 133 Å². The van der Waals surface area contributed by atoms with E-state index >= 15 is 0 Å². The summed E-state index contributed by atoms with van der Waals surface area (Å²) in [4.78, 5) is 2.23. The van der Waals surface area contributed by atoms with Crippen LogP contribution in [0.1, 0.15) is 27.8 Å². The van der Waals surface area contributed by atoms with E-state index in [-0.39, 0.29) is 13.2 Å². The minimum atomic E-state index is 0.137. The van der Waals surface area contributed by atoms with Crippen molar-refractivity contribution in [2.75, 3.05) is 18.1 Å². The zero-order valence-electron chi connectivity index (χ0n) is 21.9. The SMILES string of the molecule is OCCc1ccc(N(c2ccc(C=C(c3ccccc3)c3ccccc3)cc2)c2ccc(CCO)cc2)cc1. The largest absolute Gasteiger partial charge is 0.396 e. The van der Waals surface area contributed by atoms with E-state index in [0.717, 1.165) is 33.8 Å². The first-order valence-corrected chi connectivity index (χ1v) is 13.4. The molecule has 0 saturated heterocycles. The first kappa shape index (κ1) is 26.2. The number of aliphatic hydroxyl groups is 2. The monoisotopic (exact) mass is 511 g/mol. The summed E-state index contributed by atoms with van der Waals surface area (Å²) in [5, 5.41) is 18.6. The zero-order chi connectivity index (χ0) is 26.9. The summed E-state index contributed by atoms with van der Waals surface area (Å²) in [6, 6.07) is 46.3. The summed E-state index contributed by atoms with van der Waals surface area (Å²) in [6.45, 7) is 0.274. The number of hydrogen-bond donors (Lipinski definition) is 2. The van der Waals surface area contributed by atoms with Crippen LogP contribution in [0.3, 0.4) is 0 Å². The molecule has 0 aliphatic carbocycles. The molecule has 3 heteroatoms. The molecule has 0 aliphatic heterocycles. The first-order chi connectivity index (χ1) is 19.2. The average Bonchev–Trinajstić information content (AvgIpc) is 3.00. The van der Waals surface area contributed by atoms with E-state index in [0.29, 0.717) is 12.8 Å². The Kier molecular flexibility index (Phi) is 8.64. The molecule has 5 aromatic carbocycles. The summed E-state index contributed by atoms with van der Waals surface area (Å²) in [6.07, 6.45) is 3.52. The summed E-state index contributed by atoms with van der Waals surface area (Å²) < 4.78 is 0. The third kappa shape index (κ3) is 6.53. The lowest BCUT2D eigenvalue weighted by Gasteiger charge is -2.26. The number of rotatable bonds is 10. The van der Waals surface area contributed by atoms with Gasteiger partial charge in [0.25, 0.3) is 0 Å². The van der Waals surface area contributed by atoms with Gasteiger partial charge < -0.3 is 15.1 Å². The molecule has 0 unspecified atom stereocenters. The molecule has 2 N–H and O–H groups in total. The zero-order valence-corrected chi connectivity index (χ0v) is 21.9. The van der Waals surface area contributed by atoms with Gasteiger partial charge in [-0.3, -0.25) is 0 Å². The van der Waals surface area contributed by atoms with Gasteiger partial charge in [-0.05, 0) is 88.7 Å². The fourth-order valence-electron chi connectivity index (χ4n) is 4.78. The minimum absolute atomic E-state index is 0.137. The van der Waals surface area contributed by atoms with Gasteiger partial charge in [-0.2, -0.15) is 0 Å². The molecule has 3 nitrogen and oxygen atoms in total. The lowest BCUT2D eigenvalue weighted by atomic mass is 9.95. The van der Waals surface area contributed by atoms with E-state index in [1.54, 1.807) is 0 Å². The molecular weight excluding hydrogens is 478 g/mol. The quantitative estimate of drug-likeness (QED) is 0.188. The molecule has 0 bridgehead atoms. The van der Waals surface area contributed by atoms with Gasteiger partial charge in [0, 0.05) is 30.3 Å². The molecule has 0 aliphatic rings. The van der Waals surface area contributed by atoms with Crippen LogP contribution in [0.5, 0.6) is 0 Å². The van der Waals surface area contributed by atoms with Gasteiger partial charge in [0.1, 0.15) is 0 Å². The predicted octanol–water partition coefficient (Wildman–Crippen LogP) is 7.81. The molecule has 0 atom stereocenters. The molecule has 194 valence electrons. The predicted molar refractivity (Wildman–Crippen MR) is 163 cm³/mol. The lowest BCUT2D eigenvalue weighted by Crippen LogP contribution is -2.10. The Morgan fingerprint density at radius 1 is 0.487 bits per heavy atom. The van der Waals surface area contributed by atoms with Crippen LogP contribution in [0.2, 0.25) is 0 Å². The maximum Gasteiger partial charge on any atom is 0.0471 e.